The van der Waals surface area contributed by atoms with Gasteiger partial charge in [0, 0.05) is 20.3 Å². The van der Waals surface area contributed by atoms with E-state index in [1.807, 2.05) is 0 Å². The van der Waals surface area contributed by atoms with E-state index in [0.29, 0.717) is 13.0 Å². The standard InChI is InChI=1S/C11H23NO5S/c1-16-10-6-9(7-11(8-10)17-2)12-4-3-5-18(13,14)15/h9-12H,3-8H2,1-2H3,(H,13,14,15). The monoisotopic (exact) mass is 281 g/mol. The summed E-state index contributed by atoms with van der Waals surface area (Å²) in [5, 5.41) is 3.29. The molecule has 7 heteroatoms. The zero-order chi connectivity index (χ0) is 13.6. The van der Waals surface area contributed by atoms with E-state index < -0.39 is 10.1 Å². The molecule has 0 bridgehead atoms. The van der Waals surface area contributed by atoms with Gasteiger partial charge in [0.1, 0.15) is 0 Å². The van der Waals surface area contributed by atoms with E-state index in [-0.39, 0.29) is 24.0 Å². The van der Waals surface area contributed by atoms with Gasteiger partial charge in [0.2, 0.25) is 0 Å². The number of hydrogen-bond acceptors (Lipinski definition) is 5. The van der Waals surface area contributed by atoms with Crippen molar-refractivity contribution >= 4 is 10.1 Å². The van der Waals surface area contributed by atoms with Crippen molar-refractivity contribution in [1.82, 2.24) is 5.32 Å². The maximum absolute atomic E-state index is 10.6. The highest BCUT2D eigenvalue weighted by atomic mass is 32.2. The number of methoxy groups -OCH3 is 2. The summed E-state index contributed by atoms with van der Waals surface area (Å²) in [7, 11) is -0.462. The lowest BCUT2D eigenvalue weighted by molar-refractivity contribution is -0.0207. The van der Waals surface area contributed by atoms with Gasteiger partial charge in [-0.3, -0.25) is 4.55 Å². The molecule has 0 spiro atoms. The van der Waals surface area contributed by atoms with E-state index in [2.05, 4.69) is 5.32 Å². The van der Waals surface area contributed by atoms with Crippen LogP contribution in [0.3, 0.4) is 0 Å². The minimum Gasteiger partial charge on any atom is -0.381 e. The van der Waals surface area contributed by atoms with Crippen molar-refractivity contribution in [2.24, 2.45) is 0 Å². The Hall–Kier alpha value is -0.210. The highest BCUT2D eigenvalue weighted by Crippen LogP contribution is 2.23. The van der Waals surface area contributed by atoms with Crippen LogP contribution in [0, 0.1) is 0 Å². The average molecular weight is 281 g/mol. The zero-order valence-corrected chi connectivity index (χ0v) is 11.8. The minimum absolute atomic E-state index is 0.183. The molecule has 0 saturated heterocycles. The molecule has 108 valence electrons. The first kappa shape index (κ1) is 15.8. The molecule has 1 saturated carbocycles. The van der Waals surface area contributed by atoms with Crippen molar-refractivity contribution in [3.8, 4) is 0 Å². The Morgan fingerprint density at radius 1 is 1.17 bits per heavy atom. The Kier molecular flexibility index (Phi) is 6.51. The van der Waals surface area contributed by atoms with Gasteiger partial charge in [-0.1, -0.05) is 0 Å². The van der Waals surface area contributed by atoms with Crippen LogP contribution in [0.25, 0.3) is 0 Å². The third kappa shape index (κ3) is 6.10. The first-order valence-electron chi connectivity index (χ1n) is 6.18. The molecule has 0 aliphatic heterocycles. The minimum atomic E-state index is -3.85. The van der Waals surface area contributed by atoms with E-state index in [1.165, 1.54) is 0 Å². The highest BCUT2D eigenvalue weighted by molar-refractivity contribution is 7.85. The lowest BCUT2D eigenvalue weighted by atomic mass is 9.90. The Morgan fingerprint density at radius 2 is 1.72 bits per heavy atom. The van der Waals surface area contributed by atoms with Gasteiger partial charge in [-0.25, -0.2) is 0 Å². The fourth-order valence-electron chi connectivity index (χ4n) is 2.33. The Balaban J connectivity index is 2.28. The SMILES string of the molecule is COC1CC(NCCCS(=O)(=O)O)CC(OC)C1. The number of ether oxygens (including phenoxy) is 2. The lowest BCUT2D eigenvalue weighted by Gasteiger charge is -2.34. The van der Waals surface area contributed by atoms with Crippen molar-refractivity contribution in [3.63, 3.8) is 0 Å². The van der Waals surface area contributed by atoms with Gasteiger partial charge in [-0.2, -0.15) is 8.42 Å². The summed E-state index contributed by atoms with van der Waals surface area (Å²) in [6.07, 6.45) is 3.48. The van der Waals surface area contributed by atoms with E-state index in [9.17, 15) is 8.42 Å². The van der Waals surface area contributed by atoms with Gasteiger partial charge in [0.05, 0.1) is 18.0 Å². The smallest absolute Gasteiger partial charge is 0.264 e. The molecule has 0 aromatic carbocycles. The van der Waals surface area contributed by atoms with Crippen molar-refractivity contribution in [3.05, 3.63) is 0 Å². The molecule has 1 aliphatic carbocycles. The van der Waals surface area contributed by atoms with E-state index in [0.717, 1.165) is 19.3 Å². The third-order valence-corrected chi connectivity index (χ3v) is 4.10. The summed E-state index contributed by atoms with van der Waals surface area (Å²) in [4.78, 5) is 0. The summed E-state index contributed by atoms with van der Waals surface area (Å²) in [5.41, 5.74) is 0. The first-order valence-corrected chi connectivity index (χ1v) is 7.79. The molecule has 0 aromatic heterocycles. The summed E-state index contributed by atoms with van der Waals surface area (Å²) in [5.74, 6) is -0.200. The van der Waals surface area contributed by atoms with Crippen LogP contribution in [0.4, 0.5) is 0 Å². The van der Waals surface area contributed by atoms with Gasteiger partial charge in [0.25, 0.3) is 10.1 Å². The van der Waals surface area contributed by atoms with Crippen LogP contribution < -0.4 is 5.32 Å². The predicted molar refractivity (Wildman–Crippen MR) is 68.3 cm³/mol. The molecular weight excluding hydrogens is 258 g/mol. The molecule has 0 heterocycles. The summed E-state index contributed by atoms with van der Waals surface area (Å²) < 4.78 is 40.5. The number of nitrogens with one attached hydrogen (secondary N) is 1. The largest absolute Gasteiger partial charge is 0.381 e. The van der Waals surface area contributed by atoms with Gasteiger partial charge >= 0.3 is 0 Å². The van der Waals surface area contributed by atoms with Crippen molar-refractivity contribution in [2.45, 2.75) is 43.9 Å². The number of hydrogen-bond donors (Lipinski definition) is 2. The Labute approximate surface area is 109 Å². The Bertz CT molecular complexity index is 320. The first-order chi connectivity index (χ1) is 8.44. The predicted octanol–water partition coefficient (Wildman–Crippen LogP) is 0.436. The molecular formula is C11H23NO5S. The fourth-order valence-corrected chi connectivity index (χ4v) is 2.84. The molecule has 1 fully saturated rings. The molecule has 0 amide bonds. The van der Waals surface area contributed by atoms with Crippen LogP contribution in [0.15, 0.2) is 0 Å². The third-order valence-electron chi connectivity index (χ3n) is 3.30. The average Bonchev–Trinajstić information content (AvgIpc) is 2.33. The molecule has 1 aliphatic rings. The summed E-state index contributed by atoms with van der Waals surface area (Å²) in [6, 6.07) is 0.273. The van der Waals surface area contributed by atoms with Gasteiger partial charge in [-0.05, 0) is 32.2 Å². The van der Waals surface area contributed by atoms with Crippen LogP contribution in [-0.4, -0.2) is 57.7 Å². The molecule has 1 rings (SSSR count). The second-order valence-electron chi connectivity index (χ2n) is 4.71. The number of rotatable bonds is 7. The van der Waals surface area contributed by atoms with Crippen LogP contribution in [0.5, 0.6) is 0 Å². The summed E-state index contributed by atoms with van der Waals surface area (Å²) >= 11 is 0. The summed E-state index contributed by atoms with van der Waals surface area (Å²) in [6.45, 7) is 0.567. The molecule has 6 nitrogen and oxygen atoms in total. The van der Waals surface area contributed by atoms with Crippen LogP contribution >= 0.6 is 0 Å². The second-order valence-corrected chi connectivity index (χ2v) is 6.29. The van der Waals surface area contributed by atoms with Crippen molar-refractivity contribution in [2.75, 3.05) is 26.5 Å². The van der Waals surface area contributed by atoms with Crippen LogP contribution in [-0.2, 0) is 19.6 Å². The van der Waals surface area contributed by atoms with E-state index >= 15 is 0 Å². The zero-order valence-electron chi connectivity index (χ0n) is 11.0. The Morgan fingerprint density at radius 3 is 2.17 bits per heavy atom. The van der Waals surface area contributed by atoms with Crippen LogP contribution in [0.2, 0.25) is 0 Å². The normalized spacial score (nSPS) is 29.4. The van der Waals surface area contributed by atoms with Crippen molar-refractivity contribution < 1.29 is 22.4 Å². The highest BCUT2D eigenvalue weighted by Gasteiger charge is 2.28. The lowest BCUT2D eigenvalue weighted by Crippen LogP contribution is -2.43. The quantitative estimate of drug-likeness (QED) is 0.520. The van der Waals surface area contributed by atoms with Crippen molar-refractivity contribution in [1.29, 1.82) is 0 Å². The molecule has 2 N–H and O–H groups in total. The molecule has 0 radical (unpaired) electrons. The molecule has 2 unspecified atom stereocenters. The van der Waals surface area contributed by atoms with Gasteiger partial charge < -0.3 is 14.8 Å². The van der Waals surface area contributed by atoms with Gasteiger partial charge in [0.15, 0.2) is 0 Å². The molecule has 2 atom stereocenters. The maximum atomic E-state index is 10.6. The second kappa shape index (κ2) is 7.40. The van der Waals surface area contributed by atoms with E-state index in [4.69, 9.17) is 14.0 Å². The van der Waals surface area contributed by atoms with E-state index in [1.54, 1.807) is 14.2 Å². The molecule has 18 heavy (non-hydrogen) atoms. The van der Waals surface area contributed by atoms with Gasteiger partial charge in [-0.15, -0.1) is 0 Å². The van der Waals surface area contributed by atoms with Crippen LogP contribution in [0.1, 0.15) is 25.7 Å². The maximum Gasteiger partial charge on any atom is 0.264 e. The topological polar surface area (TPSA) is 84.9 Å². The fraction of sp³-hybridized carbons (Fsp3) is 1.00. The molecule has 0 aromatic rings.